The average molecular weight is 349 g/mol. The highest BCUT2D eigenvalue weighted by Crippen LogP contribution is 2.44. The van der Waals surface area contributed by atoms with Crippen LogP contribution in [0.1, 0.15) is 17.7 Å². The molecule has 0 spiro atoms. The number of aliphatic hydroxyl groups excluding tert-OH is 1. The predicted molar refractivity (Wildman–Crippen MR) is 89.7 cm³/mol. The number of fused-ring (bicyclic) bond motifs is 1. The predicted octanol–water partition coefficient (Wildman–Crippen LogP) is 3.08. The van der Waals surface area contributed by atoms with Crippen molar-refractivity contribution in [2.24, 2.45) is 0 Å². The minimum absolute atomic E-state index is 0.154. The van der Waals surface area contributed by atoms with E-state index in [1.807, 2.05) is 30.5 Å². The van der Waals surface area contributed by atoms with Crippen LogP contribution in [0.25, 0.3) is 11.3 Å². The number of nitrogens with zero attached hydrogens (tertiary/aromatic N) is 3. The van der Waals surface area contributed by atoms with Gasteiger partial charge in [-0.05, 0) is 24.8 Å². The SMILES string of the molecule is CSc1cccc(-c2nc(N3CC(O)C3)nc3c2CCC3(F)F)c1. The summed E-state index contributed by atoms with van der Waals surface area (Å²) in [6.07, 6.45) is 1.60. The van der Waals surface area contributed by atoms with Crippen LogP contribution in [-0.2, 0) is 12.3 Å². The van der Waals surface area contributed by atoms with Crippen LogP contribution in [-0.4, -0.2) is 40.5 Å². The van der Waals surface area contributed by atoms with Crippen molar-refractivity contribution in [2.45, 2.75) is 29.8 Å². The Morgan fingerprint density at radius 2 is 2.08 bits per heavy atom. The summed E-state index contributed by atoms with van der Waals surface area (Å²) < 4.78 is 28.5. The fraction of sp³-hybridized carbons (Fsp3) is 0.412. The smallest absolute Gasteiger partial charge is 0.290 e. The van der Waals surface area contributed by atoms with E-state index in [9.17, 15) is 13.9 Å². The van der Waals surface area contributed by atoms with Crippen LogP contribution in [0.4, 0.5) is 14.7 Å². The molecular formula is C17H17F2N3OS. The third kappa shape index (κ3) is 2.56. The number of rotatable bonds is 3. The highest BCUT2D eigenvalue weighted by Gasteiger charge is 2.44. The summed E-state index contributed by atoms with van der Waals surface area (Å²) in [5, 5.41) is 9.48. The van der Waals surface area contributed by atoms with E-state index in [-0.39, 0.29) is 24.5 Å². The lowest BCUT2D eigenvalue weighted by Gasteiger charge is -2.36. The summed E-state index contributed by atoms with van der Waals surface area (Å²) >= 11 is 1.60. The van der Waals surface area contributed by atoms with E-state index in [4.69, 9.17) is 0 Å². The van der Waals surface area contributed by atoms with Crippen LogP contribution < -0.4 is 4.90 Å². The molecule has 0 atom stereocenters. The average Bonchev–Trinajstić information content (AvgIpc) is 2.86. The second-order valence-electron chi connectivity index (χ2n) is 6.19. The third-order valence-electron chi connectivity index (χ3n) is 4.52. The molecule has 24 heavy (non-hydrogen) atoms. The van der Waals surface area contributed by atoms with Crippen LogP contribution in [0.5, 0.6) is 0 Å². The van der Waals surface area contributed by atoms with Crippen molar-refractivity contribution in [3.8, 4) is 11.3 Å². The maximum Gasteiger partial charge on any atom is 0.290 e. The van der Waals surface area contributed by atoms with E-state index in [0.29, 0.717) is 24.3 Å². The van der Waals surface area contributed by atoms with Crippen LogP contribution in [0.15, 0.2) is 29.2 Å². The number of hydrogen-bond acceptors (Lipinski definition) is 5. The molecule has 0 unspecified atom stereocenters. The molecule has 2 heterocycles. The maximum absolute atomic E-state index is 14.3. The normalized spacial score (nSPS) is 19.2. The number of aliphatic hydroxyl groups is 1. The summed E-state index contributed by atoms with van der Waals surface area (Å²) in [4.78, 5) is 11.5. The molecule has 0 radical (unpaired) electrons. The largest absolute Gasteiger partial charge is 0.389 e. The quantitative estimate of drug-likeness (QED) is 0.863. The van der Waals surface area contributed by atoms with Crippen LogP contribution in [0.3, 0.4) is 0 Å². The molecule has 1 aromatic heterocycles. The topological polar surface area (TPSA) is 49.2 Å². The van der Waals surface area contributed by atoms with Crippen LogP contribution in [0, 0.1) is 0 Å². The van der Waals surface area contributed by atoms with Crippen LogP contribution in [0.2, 0.25) is 0 Å². The van der Waals surface area contributed by atoms with E-state index in [2.05, 4.69) is 9.97 Å². The van der Waals surface area contributed by atoms with Gasteiger partial charge < -0.3 is 10.0 Å². The molecule has 126 valence electrons. The number of anilines is 1. The first-order chi connectivity index (χ1) is 11.5. The molecule has 4 nitrogen and oxygen atoms in total. The summed E-state index contributed by atoms with van der Waals surface area (Å²) in [5.74, 6) is -2.63. The van der Waals surface area contributed by atoms with Crippen molar-refractivity contribution in [2.75, 3.05) is 24.2 Å². The molecule has 4 rings (SSSR count). The Morgan fingerprint density at radius 1 is 1.29 bits per heavy atom. The van der Waals surface area contributed by atoms with Crippen LogP contribution >= 0.6 is 11.8 Å². The van der Waals surface area contributed by atoms with Crippen molar-refractivity contribution >= 4 is 17.7 Å². The highest BCUT2D eigenvalue weighted by molar-refractivity contribution is 7.98. The van der Waals surface area contributed by atoms with Gasteiger partial charge in [-0.2, -0.15) is 8.78 Å². The maximum atomic E-state index is 14.3. The van der Waals surface area contributed by atoms with Gasteiger partial charge in [0.25, 0.3) is 5.92 Å². The van der Waals surface area contributed by atoms with Gasteiger partial charge >= 0.3 is 0 Å². The van der Waals surface area contributed by atoms with Crippen molar-refractivity contribution in [3.63, 3.8) is 0 Å². The summed E-state index contributed by atoms with van der Waals surface area (Å²) in [6.45, 7) is 0.767. The third-order valence-corrected chi connectivity index (χ3v) is 5.24. The fourth-order valence-electron chi connectivity index (χ4n) is 3.18. The van der Waals surface area contributed by atoms with Crippen molar-refractivity contribution in [1.29, 1.82) is 0 Å². The first-order valence-electron chi connectivity index (χ1n) is 7.84. The standard InChI is InChI=1S/C17H17F2N3OS/c1-24-12-4-2-3-10(7-12)14-13-5-6-17(18,19)15(13)21-16(20-14)22-8-11(23)9-22/h2-4,7,11,23H,5-6,8-9H2,1H3. The van der Waals surface area contributed by atoms with Crippen molar-refractivity contribution in [1.82, 2.24) is 9.97 Å². The Morgan fingerprint density at radius 3 is 2.79 bits per heavy atom. The van der Waals surface area contributed by atoms with Gasteiger partial charge in [0.1, 0.15) is 5.69 Å². The zero-order valence-corrected chi connectivity index (χ0v) is 14.0. The van der Waals surface area contributed by atoms with Gasteiger partial charge in [-0.3, -0.25) is 0 Å². The van der Waals surface area contributed by atoms with Crippen molar-refractivity contribution < 1.29 is 13.9 Å². The van der Waals surface area contributed by atoms with E-state index in [1.54, 1.807) is 16.7 Å². The van der Waals surface area contributed by atoms with Gasteiger partial charge in [0, 0.05) is 35.5 Å². The molecule has 0 amide bonds. The van der Waals surface area contributed by atoms with Gasteiger partial charge in [0.05, 0.1) is 11.8 Å². The zero-order valence-electron chi connectivity index (χ0n) is 13.2. The number of benzene rings is 1. The zero-order chi connectivity index (χ0) is 16.9. The van der Waals surface area contributed by atoms with Gasteiger partial charge in [-0.1, -0.05) is 12.1 Å². The van der Waals surface area contributed by atoms with Gasteiger partial charge in [0.2, 0.25) is 5.95 Å². The Balaban J connectivity index is 1.86. The first kappa shape index (κ1) is 15.8. The minimum atomic E-state index is -2.91. The summed E-state index contributed by atoms with van der Waals surface area (Å²) in [6, 6.07) is 7.76. The molecule has 1 N–H and O–H groups in total. The Hall–Kier alpha value is -1.73. The van der Waals surface area contributed by atoms with Gasteiger partial charge in [0.15, 0.2) is 0 Å². The number of aromatic nitrogens is 2. The Kier molecular flexibility index (Phi) is 3.73. The lowest BCUT2D eigenvalue weighted by Crippen LogP contribution is -2.51. The lowest BCUT2D eigenvalue weighted by atomic mass is 10.0. The van der Waals surface area contributed by atoms with E-state index in [0.717, 1.165) is 10.5 Å². The molecule has 1 aromatic carbocycles. The molecule has 1 saturated heterocycles. The lowest BCUT2D eigenvalue weighted by molar-refractivity contribution is -0.00596. The molecule has 1 aliphatic carbocycles. The number of halogens is 2. The van der Waals surface area contributed by atoms with E-state index < -0.39 is 12.0 Å². The first-order valence-corrected chi connectivity index (χ1v) is 9.07. The fourth-order valence-corrected chi connectivity index (χ4v) is 3.64. The number of β-amino-alcohol motifs (C(OH)–C–C–N with tert-alkyl or cyclic N) is 1. The number of hydrogen-bond donors (Lipinski definition) is 1. The molecule has 1 fully saturated rings. The molecule has 0 saturated carbocycles. The molecule has 2 aromatic rings. The highest BCUT2D eigenvalue weighted by atomic mass is 32.2. The molecule has 1 aliphatic heterocycles. The minimum Gasteiger partial charge on any atom is -0.389 e. The molecule has 7 heteroatoms. The number of thioether (sulfide) groups is 1. The van der Waals surface area contributed by atoms with E-state index in [1.165, 1.54) is 0 Å². The molecular weight excluding hydrogens is 332 g/mol. The monoisotopic (exact) mass is 349 g/mol. The second kappa shape index (κ2) is 5.67. The molecule has 0 bridgehead atoms. The summed E-state index contributed by atoms with van der Waals surface area (Å²) in [5.41, 5.74) is 1.81. The number of alkyl halides is 2. The van der Waals surface area contributed by atoms with Crippen molar-refractivity contribution in [3.05, 3.63) is 35.5 Å². The summed E-state index contributed by atoms with van der Waals surface area (Å²) in [7, 11) is 0. The Bertz CT molecular complexity index is 793. The Labute approximate surface area is 142 Å². The molecule has 2 aliphatic rings. The van der Waals surface area contributed by atoms with E-state index >= 15 is 0 Å². The van der Waals surface area contributed by atoms with Gasteiger partial charge in [-0.25, -0.2) is 9.97 Å². The second-order valence-corrected chi connectivity index (χ2v) is 7.07. The van der Waals surface area contributed by atoms with Gasteiger partial charge in [-0.15, -0.1) is 11.8 Å².